The Kier molecular flexibility index (Phi) is 44.2. The second-order valence-electron chi connectivity index (χ2n) is 16.8. The van der Waals surface area contributed by atoms with Gasteiger partial charge in [0.25, 0.3) is 0 Å². The standard InChI is InChI=1S/C49H95NO5/c1-3-5-7-9-11-13-15-16-17-18-19-23-27-31-35-39-43-49(54)55-44-40-36-32-28-24-20-22-26-30-34-38-42-48(53)50-46(45-51)47(52)41-37-33-29-25-21-14-12-10-8-6-4-2/h37,41,46-47,51-52H,3-36,38-40,42-45H2,1-2H3,(H,50,53)/b41-37+. The lowest BCUT2D eigenvalue weighted by Crippen LogP contribution is -2.45. The lowest BCUT2D eigenvalue weighted by Gasteiger charge is -2.20. The van der Waals surface area contributed by atoms with Gasteiger partial charge in [0.2, 0.25) is 5.91 Å². The van der Waals surface area contributed by atoms with Gasteiger partial charge in [0.05, 0.1) is 25.4 Å². The van der Waals surface area contributed by atoms with Crippen molar-refractivity contribution in [1.29, 1.82) is 0 Å². The molecule has 0 radical (unpaired) electrons. The molecule has 1 amide bonds. The third kappa shape index (κ3) is 42.0. The number of ether oxygens (including phenoxy) is 1. The zero-order valence-electron chi connectivity index (χ0n) is 36.9. The van der Waals surface area contributed by atoms with E-state index >= 15 is 0 Å². The molecule has 0 aliphatic heterocycles. The van der Waals surface area contributed by atoms with Gasteiger partial charge >= 0.3 is 5.97 Å². The largest absolute Gasteiger partial charge is 0.466 e. The molecule has 0 rings (SSSR count). The van der Waals surface area contributed by atoms with Crippen molar-refractivity contribution in [2.75, 3.05) is 13.2 Å². The van der Waals surface area contributed by atoms with Crippen molar-refractivity contribution in [3.8, 4) is 0 Å². The van der Waals surface area contributed by atoms with E-state index in [0.29, 0.717) is 19.4 Å². The first-order valence-corrected chi connectivity index (χ1v) is 24.5. The summed E-state index contributed by atoms with van der Waals surface area (Å²) in [6, 6.07) is -0.639. The molecule has 6 heteroatoms. The fraction of sp³-hybridized carbons (Fsp3) is 0.918. The van der Waals surface area contributed by atoms with Gasteiger partial charge in [0.1, 0.15) is 0 Å². The van der Waals surface area contributed by atoms with E-state index in [1.165, 1.54) is 180 Å². The monoisotopic (exact) mass is 778 g/mol. The smallest absolute Gasteiger partial charge is 0.305 e. The molecule has 2 atom stereocenters. The average Bonchev–Trinajstić information content (AvgIpc) is 3.18. The Morgan fingerprint density at radius 1 is 0.491 bits per heavy atom. The highest BCUT2D eigenvalue weighted by Gasteiger charge is 2.18. The maximum atomic E-state index is 12.4. The van der Waals surface area contributed by atoms with Gasteiger partial charge in [-0.25, -0.2) is 0 Å². The fourth-order valence-electron chi connectivity index (χ4n) is 7.51. The number of aliphatic hydroxyl groups excluding tert-OH is 2. The summed E-state index contributed by atoms with van der Waals surface area (Å²) in [5.74, 6) is -0.0998. The van der Waals surface area contributed by atoms with E-state index in [1.54, 1.807) is 6.08 Å². The van der Waals surface area contributed by atoms with Crippen LogP contribution in [0.25, 0.3) is 0 Å². The Labute approximate surface area is 342 Å². The second-order valence-corrected chi connectivity index (χ2v) is 16.8. The molecule has 55 heavy (non-hydrogen) atoms. The molecule has 0 fully saturated rings. The number of hydrogen-bond acceptors (Lipinski definition) is 5. The molecular weight excluding hydrogens is 683 g/mol. The normalized spacial score (nSPS) is 12.7. The van der Waals surface area contributed by atoms with Gasteiger partial charge in [-0.2, -0.15) is 0 Å². The summed E-state index contributed by atoms with van der Waals surface area (Å²) >= 11 is 0. The molecule has 0 heterocycles. The minimum absolute atomic E-state index is 0.0124. The summed E-state index contributed by atoms with van der Waals surface area (Å²) in [7, 11) is 0. The van der Waals surface area contributed by atoms with Gasteiger partial charge in [-0.15, -0.1) is 0 Å². The molecule has 0 aromatic rings. The van der Waals surface area contributed by atoms with Gasteiger partial charge in [-0.1, -0.05) is 231 Å². The summed E-state index contributed by atoms with van der Waals surface area (Å²) < 4.78 is 5.46. The van der Waals surface area contributed by atoms with Crippen LogP contribution in [0.3, 0.4) is 0 Å². The molecule has 0 bridgehead atoms. The lowest BCUT2D eigenvalue weighted by atomic mass is 10.0. The van der Waals surface area contributed by atoms with Gasteiger partial charge in [0, 0.05) is 12.8 Å². The molecule has 0 aromatic carbocycles. The summed E-state index contributed by atoms with van der Waals surface area (Å²) in [4.78, 5) is 24.4. The molecule has 6 nitrogen and oxygen atoms in total. The van der Waals surface area contributed by atoms with Crippen LogP contribution in [0.15, 0.2) is 12.2 Å². The number of unbranched alkanes of at least 4 members (excludes halogenated alkanes) is 34. The zero-order valence-corrected chi connectivity index (χ0v) is 36.9. The van der Waals surface area contributed by atoms with Gasteiger partial charge in [-0.05, 0) is 32.1 Å². The predicted octanol–water partition coefficient (Wildman–Crippen LogP) is 14.2. The number of carbonyl (C=O) groups is 2. The highest BCUT2D eigenvalue weighted by molar-refractivity contribution is 5.76. The third-order valence-corrected chi connectivity index (χ3v) is 11.3. The van der Waals surface area contributed by atoms with Crippen molar-refractivity contribution in [2.24, 2.45) is 0 Å². The van der Waals surface area contributed by atoms with Crippen LogP contribution in [0.4, 0.5) is 0 Å². The topological polar surface area (TPSA) is 95.9 Å². The Morgan fingerprint density at radius 2 is 0.836 bits per heavy atom. The number of carbonyl (C=O) groups excluding carboxylic acids is 2. The van der Waals surface area contributed by atoms with Crippen LogP contribution in [0.2, 0.25) is 0 Å². The highest BCUT2D eigenvalue weighted by Crippen LogP contribution is 2.16. The first-order valence-electron chi connectivity index (χ1n) is 24.5. The maximum absolute atomic E-state index is 12.4. The van der Waals surface area contributed by atoms with Crippen LogP contribution in [-0.2, 0) is 14.3 Å². The van der Waals surface area contributed by atoms with E-state index in [1.807, 2.05) is 6.08 Å². The van der Waals surface area contributed by atoms with Gasteiger partial charge in [-0.3, -0.25) is 9.59 Å². The molecule has 0 saturated heterocycles. The highest BCUT2D eigenvalue weighted by atomic mass is 16.5. The first-order chi connectivity index (χ1) is 27.0. The molecule has 0 aliphatic rings. The van der Waals surface area contributed by atoms with Gasteiger partial charge < -0.3 is 20.3 Å². The van der Waals surface area contributed by atoms with Crippen LogP contribution in [0.1, 0.15) is 264 Å². The molecular formula is C49H95NO5. The van der Waals surface area contributed by atoms with Crippen molar-refractivity contribution >= 4 is 11.9 Å². The Balaban J connectivity index is 3.46. The molecule has 0 spiro atoms. The predicted molar refractivity (Wildman–Crippen MR) is 237 cm³/mol. The SMILES string of the molecule is CCCCCCCCCCC/C=C/C(O)C(CO)NC(=O)CCCCCCCCCCCCCOC(=O)CCCCCCCCCCCCCCCCCC. The minimum Gasteiger partial charge on any atom is -0.466 e. The summed E-state index contributed by atoms with van der Waals surface area (Å²) in [5, 5.41) is 22.9. The summed E-state index contributed by atoms with van der Waals surface area (Å²) in [5.41, 5.74) is 0. The number of esters is 1. The lowest BCUT2D eigenvalue weighted by molar-refractivity contribution is -0.143. The Morgan fingerprint density at radius 3 is 1.24 bits per heavy atom. The van der Waals surface area contributed by atoms with E-state index in [0.717, 1.165) is 57.8 Å². The third-order valence-electron chi connectivity index (χ3n) is 11.3. The molecule has 3 N–H and O–H groups in total. The number of hydrogen-bond donors (Lipinski definition) is 3. The van der Waals surface area contributed by atoms with E-state index in [2.05, 4.69) is 19.2 Å². The average molecular weight is 778 g/mol. The van der Waals surface area contributed by atoms with Crippen LogP contribution in [-0.4, -0.2) is 47.4 Å². The maximum Gasteiger partial charge on any atom is 0.305 e. The van der Waals surface area contributed by atoms with E-state index in [4.69, 9.17) is 4.74 Å². The van der Waals surface area contributed by atoms with Crippen molar-refractivity contribution < 1.29 is 24.5 Å². The van der Waals surface area contributed by atoms with Crippen LogP contribution < -0.4 is 5.32 Å². The Hall–Kier alpha value is -1.40. The van der Waals surface area contributed by atoms with Crippen molar-refractivity contribution in [3.63, 3.8) is 0 Å². The van der Waals surface area contributed by atoms with E-state index in [-0.39, 0.29) is 18.5 Å². The van der Waals surface area contributed by atoms with Crippen molar-refractivity contribution in [1.82, 2.24) is 5.32 Å². The molecule has 0 aromatic heterocycles. The summed E-state index contributed by atoms with van der Waals surface area (Å²) in [6.07, 6.45) is 50.6. The van der Waals surface area contributed by atoms with Gasteiger partial charge in [0.15, 0.2) is 0 Å². The number of rotatable bonds is 45. The molecule has 0 aliphatic carbocycles. The van der Waals surface area contributed by atoms with Crippen molar-refractivity contribution in [3.05, 3.63) is 12.2 Å². The zero-order chi connectivity index (χ0) is 40.1. The quantitative estimate of drug-likeness (QED) is 0.0325. The number of amides is 1. The first kappa shape index (κ1) is 53.6. The number of nitrogens with one attached hydrogen (secondary N) is 1. The van der Waals surface area contributed by atoms with Crippen LogP contribution in [0.5, 0.6) is 0 Å². The molecule has 326 valence electrons. The Bertz CT molecular complexity index is 817. The van der Waals surface area contributed by atoms with Crippen LogP contribution >= 0.6 is 0 Å². The second kappa shape index (κ2) is 45.3. The number of aliphatic hydroxyl groups is 2. The molecule has 0 saturated carbocycles. The van der Waals surface area contributed by atoms with E-state index in [9.17, 15) is 19.8 Å². The van der Waals surface area contributed by atoms with Crippen molar-refractivity contribution in [2.45, 2.75) is 276 Å². The molecule has 2 unspecified atom stereocenters. The summed E-state index contributed by atoms with van der Waals surface area (Å²) in [6.45, 7) is 4.85. The minimum atomic E-state index is -0.853. The van der Waals surface area contributed by atoms with E-state index < -0.39 is 12.1 Å². The fourth-order valence-corrected chi connectivity index (χ4v) is 7.51. The number of allylic oxidation sites excluding steroid dienone is 1. The van der Waals surface area contributed by atoms with Crippen LogP contribution in [0, 0.1) is 0 Å².